The van der Waals surface area contributed by atoms with E-state index in [2.05, 4.69) is 41.2 Å². The fourth-order valence-corrected chi connectivity index (χ4v) is 1.77. The number of aromatic nitrogens is 1. The standard InChI is InChI=1S/C14H23N3/c1-10(2)13-7-11(9-15-12-5-6-12)8-14(16-13)17(3)4/h7-8,10,12,15H,5-6,9H2,1-4H3. The molecule has 0 radical (unpaired) electrons. The third-order valence-electron chi connectivity index (χ3n) is 3.11. The van der Waals surface area contributed by atoms with E-state index in [1.54, 1.807) is 0 Å². The lowest BCUT2D eigenvalue weighted by Gasteiger charge is -2.16. The molecule has 94 valence electrons. The molecule has 0 aliphatic heterocycles. The molecule has 1 aromatic heterocycles. The molecule has 1 heterocycles. The van der Waals surface area contributed by atoms with Crippen LogP contribution in [0.5, 0.6) is 0 Å². The van der Waals surface area contributed by atoms with Gasteiger partial charge in [-0.15, -0.1) is 0 Å². The lowest BCUT2D eigenvalue weighted by Crippen LogP contribution is -2.17. The van der Waals surface area contributed by atoms with Gasteiger partial charge >= 0.3 is 0 Å². The highest BCUT2D eigenvalue weighted by molar-refractivity contribution is 5.41. The van der Waals surface area contributed by atoms with E-state index < -0.39 is 0 Å². The van der Waals surface area contributed by atoms with Gasteiger partial charge in [-0.3, -0.25) is 0 Å². The van der Waals surface area contributed by atoms with Gasteiger partial charge in [0.2, 0.25) is 0 Å². The quantitative estimate of drug-likeness (QED) is 0.847. The predicted molar refractivity (Wildman–Crippen MR) is 72.5 cm³/mol. The molecule has 0 bridgehead atoms. The van der Waals surface area contributed by atoms with Crippen molar-refractivity contribution < 1.29 is 0 Å². The second kappa shape index (κ2) is 5.05. The molecule has 0 atom stereocenters. The van der Waals surface area contributed by atoms with E-state index in [-0.39, 0.29) is 0 Å². The molecule has 0 saturated heterocycles. The molecular formula is C14H23N3. The van der Waals surface area contributed by atoms with Crippen molar-refractivity contribution in [2.45, 2.75) is 45.2 Å². The summed E-state index contributed by atoms with van der Waals surface area (Å²) < 4.78 is 0. The molecule has 0 spiro atoms. The van der Waals surface area contributed by atoms with Gasteiger partial charge in [0.15, 0.2) is 0 Å². The van der Waals surface area contributed by atoms with Crippen LogP contribution in [0, 0.1) is 0 Å². The Balaban J connectivity index is 2.16. The predicted octanol–water partition coefficient (Wildman–Crippen LogP) is 2.52. The summed E-state index contributed by atoms with van der Waals surface area (Å²) in [6, 6.07) is 5.17. The normalized spacial score (nSPS) is 15.4. The summed E-state index contributed by atoms with van der Waals surface area (Å²) in [6.07, 6.45) is 2.67. The molecule has 1 aliphatic rings. The molecule has 2 rings (SSSR count). The molecular weight excluding hydrogens is 210 g/mol. The highest BCUT2D eigenvalue weighted by atomic mass is 15.1. The average molecular weight is 233 g/mol. The highest BCUT2D eigenvalue weighted by Crippen LogP contribution is 2.22. The molecule has 17 heavy (non-hydrogen) atoms. The summed E-state index contributed by atoms with van der Waals surface area (Å²) in [7, 11) is 4.09. The van der Waals surface area contributed by atoms with Crippen molar-refractivity contribution in [1.82, 2.24) is 10.3 Å². The Kier molecular flexibility index (Phi) is 3.67. The van der Waals surface area contributed by atoms with E-state index in [4.69, 9.17) is 0 Å². The number of rotatable bonds is 5. The van der Waals surface area contributed by atoms with E-state index >= 15 is 0 Å². The maximum atomic E-state index is 4.67. The van der Waals surface area contributed by atoms with Crippen molar-refractivity contribution in [3.8, 4) is 0 Å². The van der Waals surface area contributed by atoms with Crippen LogP contribution in [-0.2, 0) is 6.54 Å². The van der Waals surface area contributed by atoms with Crippen LogP contribution in [0.1, 0.15) is 43.9 Å². The zero-order valence-electron chi connectivity index (χ0n) is 11.3. The van der Waals surface area contributed by atoms with Gasteiger partial charge in [0.1, 0.15) is 5.82 Å². The summed E-state index contributed by atoms with van der Waals surface area (Å²) in [5.41, 5.74) is 2.53. The Bertz CT molecular complexity index is 355. The molecule has 1 aliphatic carbocycles. The third-order valence-corrected chi connectivity index (χ3v) is 3.11. The minimum absolute atomic E-state index is 0.481. The molecule has 0 unspecified atom stereocenters. The van der Waals surface area contributed by atoms with Crippen molar-refractivity contribution in [3.63, 3.8) is 0 Å². The van der Waals surface area contributed by atoms with Gasteiger partial charge in [0.25, 0.3) is 0 Å². The van der Waals surface area contributed by atoms with Crippen LogP contribution in [-0.4, -0.2) is 25.1 Å². The third kappa shape index (κ3) is 3.43. The highest BCUT2D eigenvalue weighted by Gasteiger charge is 2.20. The lowest BCUT2D eigenvalue weighted by atomic mass is 10.1. The van der Waals surface area contributed by atoms with E-state index in [1.165, 1.54) is 24.1 Å². The van der Waals surface area contributed by atoms with Crippen molar-refractivity contribution in [2.24, 2.45) is 0 Å². The fraction of sp³-hybridized carbons (Fsp3) is 0.643. The molecule has 1 saturated carbocycles. The topological polar surface area (TPSA) is 28.2 Å². The molecule has 1 fully saturated rings. The molecule has 3 heteroatoms. The summed E-state index contributed by atoms with van der Waals surface area (Å²) in [6.45, 7) is 5.35. The van der Waals surface area contributed by atoms with Crippen molar-refractivity contribution in [3.05, 3.63) is 23.4 Å². The van der Waals surface area contributed by atoms with Gasteiger partial charge in [-0.1, -0.05) is 13.8 Å². The first-order chi connectivity index (χ1) is 8.06. The SMILES string of the molecule is CC(C)c1cc(CNC2CC2)cc(N(C)C)n1. The Morgan fingerprint density at radius 2 is 2.06 bits per heavy atom. The number of nitrogens with one attached hydrogen (secondary N) is 1. The fourth-order valence-electron chi connectivity index (χ4n) is 1.77. The average Bonchev–Trinajstić information content (AvgIpc) is 3.09. The number of anilines is 1. The Labute approximate surface area is 104 Å². The van der Waals surface area contributed by atoms with Gasteiger partial charge < -0.3 is 10.2 Å². The minimum atomic E-state index is 0.481. The summed E-state index contributed by atoms with van der Waals surface area (Å²) in [5, 5.41) is 3.56. The minimum Gasteiger partial charge on any atom is -0.363 e. The van der Waals surface area contributed by atoms with Gasteiger partial charge in [-0.05, 0) is 36.5 Å². The van der Waals surface area contributed by atoms with Crippen molar-refractivity contribution >= 4 is 5.82 Å². The van der Waals surface area contributed by atoms with Gasteiger partial charge in [-0.2, -0.15) is 0 Å². The first-order valence-electron chi connectivity index (χ1n) is 6.48. The number of hydrogen-bond acceptors (Lipinski definition) is 3. The summed E-state index contributed by atoms with van der Waals surface area (Å²) in [4.78, 5) is 6.75. The zero-order chi connectivity index (χ0) is 12.4. The van der Waals surface area contributed by atoms with Gasteiger partial charge in [0.05, 0.1) is 0 Å². The first kappa shape index (κ1) is 12.4. The zero-order valence-corrected chi connectivity index (χ0v) is 11.3. The van der Waals surface area contributed by atoms with E-state index in [1.807, 2.05) is 14.1 Å². The molecule has 3 nitrogen and oxygen atoms in total. The van der Waals surface area contributed by atoms with Gasteiger partial charge in [-0.25, -0.2) is 4.98 Å². The molecule has 0 aromatic carbocycles. The Hall–Kier alpha value is -1.09. The number of nitrogens with zero attached hydrogens (tertiary/aromatic N) is 2. The second-order valence-corrected chi connectivity index (χ2v) is 5.46. The van der Waals surface area contributed by atoms with Crippen molar-refractivity contribution in [2.75, 3.05) is 19.0 Å². The maximum absolute atomic E-state index is 4.67. The largest absolute Gasteiger partial charge is 0.363 e. The van der Waals surface area contributed by atoms with Crippen molar-refractivity contribution in [1.29, 1.82) is 0 Å². The van der Waals surface area contributed by atoms with Gasteiger partial charge in [0, 0.05) is 32.4 Å². The second-order valence-electron chi connectivity index (χ2n) is 5.46. The van der Waals surface area contributed by atoms with Crippen LogP contribution in [0.2, 0.25) is 0 Å². The molecule has 1 aromatic rings. The van der Waals surface area contributed by atoms with Crippen LogP contribution >= 0.6 is 0 Å². The smallest absolute Gasteiger partial charge is 0.128 e. The number of pyridine rings is 1. The maximum Gasteiger partial charge on any atom is 0.128 e. The van der Waals surface area contributed by atoms with E-state index in [0.29, 0.717) is 5.92 Å². The number of hydrogen-bond donors (Lipinski definition) is 1. The molecule has 1 N–H and O–H groups in total. The summed E-state index contributed by atoms with van der Waals surface area (Å²) >= 11 is 0. The molecule has 0 amide bonds. The van der Waals surface area contributed by atoms with E-state index in [0.717, 1.165) is 18.4 Å². The monoisotopic (exact) mass is 233 g/mol. The van der Waals surface area contributed by atoms with Crippen LogP contribution in [0.3, 0.4) is 0 Å². The first-order valence-corrected chi connectivity index (χ1v) is 6.48. The van der Waals surface area contributed by atoms with Crippen LogP contribution < -0.4 is 10.2 Å². The Morgan fingerprint density at radius 1 is 1.35 bits per heavy atom. The Morgan fingerprint density at radius 3 is 2.59 bits per heavy atom. The lowest BCUT2D eigenvalue weighted by molar-refractivity contribution is 0.683. The van der Waals surface area contributed by atoms with Crippen LogP contribution in [0.15, 0.2) is 12.1 Å². The van der Waals surface area contributed by atoms with Crippen LogP contribution in [0.4, 0.5) is 5.82 Å². The van der Waals surface area contributed by atoms with Crippen LogP contribution in [0.25, 0.3) is 0 Å². The summed E-state index contributed by atoms with van der Waals surface area (Å²) in [5.74, 6) is 1.54. The van der Waals surface area contributed by atoms with E-state index in [9.17, 15) is 0 Å².